The predicted molar refractivity (Wildman–Crippen MR) is 76.4 cm³/mol. The molecular formula is C14H19N3O3. The highest BCUT2D eigenvalue weighted by Gasteiger charge is 2.11. The normalized spacial score (nSPS) is 14.2. The molecule has 0 fully saturated rings. The Labute approximate surface area is 116 Å². The monoisotopic (exact) mass is 277 g/mol. The van der Waals surface area contributed by atoms with Gasteiger partial charge in [-0.15, -0.1) is 0 Å². The zero-order valence-electron chi connectivity index (χ0n) is 11.6. The summed E-state index contributed by atoms with van der Waals surface area (Å²) in [6, 6.07) is 5.36. The molecule has 1 aromatic heterocycles. The van der Waals surface area contributed by atoms with Gasteiger partial charge in [0.05, 0.1) is 23.2 Å². The Morgan fingerprint density at radius 1 is 1.30 bits per heavy atom. The molecule has 0 radical (unpaired) electrons. The molecule has 2 unspecified atom stereocenters. The van der Waals surface area contributed by atoms with Crippen LogP contribution >= 0.6 is 0 Å². The molecule has 6 nitrogen and oxygen atoms in total. The lowest BCUT2D eigenvalue weighted by Gasteiger charge is -2.14. The van der Waals surface area contributed by atoms with Gasteiger partial charge in [-0.3, -0.25) is 4.79 Å². The van der Waals surface area contributed by atoms with Crippen LogP contribution in [-0.2, 0) is 4.79 Å². The van der Waals surface area contributed by atoms with Crippen LogP contribution in [0.4, 0.5) is 0 Å². The average Bonchev–Trinajstić information content (AvgIpc) is 2.75. The van der Waals surface area contributed by atoms with Crippen LogP contribution in [0.25, 0.3) is 11.0 Å². The second-order valence-corrected chi connectivity index (χ2v) is 5.06. The Kier molecular flexibility index (Phi) is 4.24. The van der Waals surface area contributed by atoms with Crippen molar-refractivity contribution in [2.45, 2.75) is 38.8 Å². The lowest BCUT2D eigenvalue weighted by molar-refractivity contribution is -0.122. The van der Waals surface area contributed by atoms with E-state index < -0.39 is 6.10 Å². The number of amides is 1. The molecule has 6 heteroatoms. The number of carbonyl (C=O) groups excluding carboxylic acids is 1. The number of benzene rings is 1. The Morgan fingerprint density at radius 3 is 2.70 bits per heavy atom. The number of hydrogen-bond donors (Lipinski definition) is 4. The van der Waals surface area contributed by atoms with Crippen molar-refractivity contribution in [3.63, 3.8) is 0 Å². The van der Waals surface area contributed by atoms with E-state index in [0.717, 1.165) is 16.6 Å². The molecule has 0 aliphatic rings. The third kappa shape index (κ3) is 3.48. The van der Waals surface area contributed by atoms with Gasteiger partial charge in [0.2, 0.25) is 5.91 Å². The molecule has 1 heterocycles. The molecule has 108 valence electrons. The van der Waals surface area contributed by atoms with E-state index in [2.05, 4.69) is 15.3 Å². The maximum Gasteiger partial charge on any atom is 0.323 e. The Balaban J connectivity index is 2.05. The van der Waals surface area contributed by atoms with Crippen molar-refractivity contribution in [3.8, 4) is 0 Å². The van der Waals surface area contributed by atoms with Gasteiger partial charge in [-0.1, -0.05) is 6.07 Å². The van der Waals surface area contributed by atoms with E-state index in [0.29, 0.717) is 12.8 Å². The van der Waals surface area contributed by atoms with Gasteiger partial charge in [0, 0.05) is 6.42 Å². The molecule has 20 heavy (non-hydrogen) atoms. The zero-order valence-corrected chi connectivity index (χ0v) is 11.6. The molecule has 0 saturated heterocycles. The van der Waals surface area contributed by atoms with Crippen LogP contribution in [0.2, 0.25) is 0 Å². The standard InChI is InChI=1S/C14H19N3O3/c1-8(18)3-6-13(19)15-9(2)10-4-5-11-12(7-10)17-14(20)16-11/h4-5,7-9,18H,3,6H2,1-2H3,(H,15,19)(H2,16,17,20). The summed E-state index contributed by atoms with van der Waals surface area (Å²) in [5.74, 6) is -0.0962. The van der Waals surface area contributed by atoms with Crippen LogP contribution in [0.3, 0.4) is 0 Å². The SMILES string of the molecule is CC(O)CCC(=O)NC(C)c1ccc2[nH]c(=O)[nH]c2c1. The first-order chi connectivity index (χ1) is 9.45. The molecule has 0 bridgehead atoms. The quantitative estimate of drug-likeness (QED) is 0.661. The van der Waals surface area contributed by atoms with Crippen LogP contribution in [0, 0.1) is 0 Å². The number of aliphatic hydroxyl groups excluding tert-OH is 1. The molecule has 0 spiro atoms. The zero-order chi connectivity index (χ0) is 14.7. The first kappa shape index (κ1) is 14.3. The smallest absolute Gasteiger partial charge is 0.323 e. The van der Waals surface area contributed by atoms with Gasteiger partial charge in [0.25, 0.3) is 0 Å². The van der Waals surface area contributed by atoms with Crippen molar-refractivity contribution in [1.29, 1.82) is 0 Å². The van der Waals surface area contributed by atoms with Gasteiger partial charge in [0.1, 0.15) is 0 Å². The highest BCUT2D eigenvalue weighted by Crippen LogP contribution is 2.17. The number of fused-ring (bicyclic) bond motifs is 1. The van der Waals surface area contributed by atoms with Crippen LogP contribution < -0.4 is 11.0 Å². The van der Waals surface area contributed by atoms with Gasteiger partial charge in [-0.2, -0.15) is 0 Å². The molecule has 0 aliphatic carbocycles. The fourth-order valence-corrected chi connectivity index (χ4v) is 2.06. The summed E-state index contributed by atoms with van der Waals surface area (Å²) in [5, 5.41) is 12.0. The number of carbonyl (C=O) groups is 1. The Morgan fingerprint density at radius 2 is 2.00 bits per heavy atom. The van der Waals surface area contributed by atoms with E-state index in [4.69, 9.17) is 5.11 Å². The van der Waals surface area contributed by atoms with E-state index in [1.54, 1.807) is 13.0 Å². The van der Waals surface area contributed by atoms with Crippen molar-refractivity contribution < 1.29 is 9.90 Å². The number of rotatable bonds is 5. The summed E-state index contributed by atoms with van der Waals surface area (Å²) < 4.78 is 0. The van der Waals surface area contributed by atoms with Crippen molar-refractivity contribution in [3.05, 3.63) is 34.2 Å². The minimum Gasteiger partial charge on any atom is -0.393 e. The molecule has 0 saturated carbocycles. The molecule has 0 aliphatic heterocycles. The predicted octanol–water partition coefficient (Wildman–Crippen LogP) is 1.19. The minimum absolute atomic E-state index is 0.0962. The Hall–Kier alpha value is -2.08. The van der Waals surface area contributed by atoms with Crippen molar-refractivity contribution >= 4 is 16.9 Å². The second-order valence-electron chi connectivity index (χ2n) is 5.06. The summed E-state index contributed by atoms with van der Waals surface area (Å²) in [5.41, 5.74) is 2.13. The molecular weight excluding hydrogens is 258 g/mol. The van der Waals surface area contributed by atoms with Gasteiger partial charge >= 0.3 is 5.69 Å². The molecule has 1 aromatic carbocycles. The van der Waals surface area contributed by atoms with E-state index in [9.17, 15) is 9.59 Å². The number of aromatic amines is 2. The summed E-state index contributed by atoms with van der Waals surface area (Å²) in [7, 11) is 0. The van der Waals surface area contributed by atoms with Crippen LogP contribution in [0.15, 0.2) is 23.0 Å². The minimum atomic E-state index is -0.475. The van der Waals surface area contributed by atoms with Gasteiger partial charge in [-0.05, 0) is 38.0 Å². The maximum absolute atomic E-state index is 11.7. The Bertz CT molecular complexity index is 657. The van der Waals surface area contributed by atoms with Crippen LogP contribution in [0.5, 0.6) is 0 Å². The van der Waals surface area contributed by atoms with E-state index >= 15 is 0 Å². The van der Waals surface area contributed by atoms with Crippen molar-refractivity contribution in [1.82, 2.24) is 15.3 Å². The van der Waals surface area contributed by atoms with E-state index in [-0.39, 0.29) is 17.6 Å². The fraction of sp³-hybridized carbons (Fsp3) is 0.429. The molecule has 2 aromatic rings. The topological polar surface area (TPSA) is 98.0 Å². The number of aromatic nitrogens is 2. The number of H-pyrrole nitrogens is 2. The summed E-state index contributed by atoms with van der Waals surface area (Å²) in [6.45, 7) is 3.54. The highest BCUT2D eigenvalue weighted by molar-refractivity contribution is 5.78. The van der Waals surface area contributed by atoms with Gasteiger partial charge < -0.3 is 20.4 Å². The third-order valence-electron chi connectivity index (χ3n) is 3.21. The largest absolute Gasteiger partial charge is 0.393 e. The number of nitrogens with one attached hydrogen (secondary N) is 3. The first-order valence-corrected chi connectivity index (χ1v) is 6.65. The van der Waals surface area contributed by atoms with E-state index in [1.165, 1.54) is 0 Å². The van der Waals surface area contributed by atoms with Gasteiger partial charge in [0.15, 0.2) is 0 Å². The van der Waals surface area contributed by atoms with Gasteiger partial charge in [-0.25, -0.2) is 4.79 Å². The van der Waals surface area contributed by atoms with E-state index in [1.807, 2.05) is 19.1 Å². The van der Waals surface area contributed by atoms with Crippen molar-refractivity contribution in [2.24, 2.45) is 0 Å². The summed E-state index contributed by atoms with van der Waals surface area (Å²) in [4.78, 5) is 28.3. The average molecular weight is 277 g/mol. The number of imidazole rings is 1. The molecule has 1 amide bonds. The molecule has 2 atom stereocenters. The number of aliphatic hydroxyl groups is 1. The van der Waals surface area contributed by atoms with Crippen molar-refractivity contribution in [2.75, 3.05) is 0 Å². The van der Waals surface area contributed by atoms with Crippen LogP contribution in [-0.4, -0.2) is 27.1 Å². The van der Waals surface area contributed by atoms with Crippen LogP contribution in [0.1, 0.15) is 38.3 Å². The summed E-state index contributed by atoms with van der Waals surface area (Å²) >= 11 is 0. The molecule has 2 rings (SSSR count). The molecule has 4 N–H and O–H groups in total. The lowest BCUT2D eigenvalue weighted by atomic mass is 10.1. The highest BCUT2D eigenvalue weighted by atomic mass is 16.3. The number of hydrogen-bond acceptors (Lipinski definition) is 3. The lowest BCUT2D eigenvalue weighted by Crippen LogP contribution is -2.27. The fourth-order valence-electron chi connectivity index (χ4n) is 2.06. The maximum atomic E-state index is 11.7. The second kappa shape index (κ2) is 5.92. The third-order valence-corrected chi connectivity index (χ3v) is 3.21. The summed E-state index contributed by atoms with van der Waals surface area (Å²) in [6.07, 6.45) is 0.269. The first-order valence-electron chi connectivity index (χ1n) is 6.65.